The zero-order valence-electron chi connectivity index (χ0n) is 15.6. The summed E-state index contributed by atoms with van der Waals surface area (Å²) in [6.45, 7) is 2.67. The molecule has 0 bridgehead atoms. The van der Waals surface area contributed by atoms with Crippen LogP contribution in [-0.4, -0.2) is 41.1 Å². The standard InChI is InChI=1S/C20H19FN4O3/c1-3-18-22-19(25(23-18)14-5-4-6-15(11-14)27-2)16-12-13(7-8-17(16)21)24-9-10-28-20(24)26/h4-8,11-12H,3,9-10H2,1-2H3. The first-order valence-electron chi connectivity index (χ1n) is 8.95. The fraction of sp³-hybridized carbons (Fsp3) is 0.250. The van der Waals surface area contributed by atoms with Crippen molar-refractivity contribution in [2.45, 2.75) is 13.3 Å². The maximum atomic E-state index is 14.8. The normalized spacial score (nSPS) is 13.7. The fourth-order valence-corrected chi connectivity index (χ4v) is 3.08. The number of ether oxygens (including phenoxy) is 2. The molecule has 0 saturated carbocycles. The van der Waals surface area contributed by atoms with Gasteiger partial charge in [0.15, 0.2) is 11.6 Å². The molecular weight excluding hydrogens is 363 g/mol. The van der Waals surface area contributed by atoms with Gasteiger partial charge in [0.2, 0.25) is 0 Å². The van der Waals surface area contributed by atoms with E-state index < -0.39 is 11.9 Å². The summed E-state index contributed by atoms with van der Waals surface area (Å²) < 4.78 is 26.6. The summed E-state index contributed by atoms with van der Waals surface area (Å²) in [6, 6.07) is 11.8. The van der Waals surface area contributed by atoms with Crippen molar-refractivity contribution >= 4 is 11.8 Å². The SMILES string of the molecule is CCc1nc(-c2cc(N3CCOC3=O)ccc2F)n(-c2cccc(OC)c2)n1. The maximum absolute atomic E-state index is 14.8. The van der Waals surface area contributed by atoms with E-state index in [1.165, 1.54) is 11.0 Å². The highest BCUT2D eigenvalue weighted by atomic mass is 19.1. The van der Waals surface area contributed by atoms with Crippen LogP contribution in [0.4, 0.5) is 14.9 Å². The third-order valence-corrected chi connectivity index (χ3v) is 4.53. The van der Waals surface area contributed by atoms with Crippen molar-refractivity contribution in [1.82, 2.24) is 14.8 Å². The van der Waals surface area contributed by atoms with Crippen LogP contribution in [0.3, 0.4) is 0 Å². The first-order chi connectivity index (χ1) is 13.6. The summed E-state index contributed by atoms with van der Waals surface area (Å²) in [5.74, 6) is 1.15. The number of nitrogens with zero attached hydrogens (tertiary/aromatic N) is 4. The lowest BCUT2D eigenvalue weighted by Crippen LogP contribution is -2.23. The highest BCUT2D eigenvalue weighted by molar-refractivity contribution is 5.90. The average Bonchev–Trinajstić information content (AvgIpc) is 3.35. The van der Waals surface area contributed by atoms with Gasteiger partial charge in [-0.1, -0.05) is 13.0 Å². The van der Waals surface area contributed by atoms with Gasteiger partial charge in [0, 0.05) is 18.2 Å². The third-order valence-electron chi connectivity index (χ3n) is 4.53. The Morgan fingerprint density at radius 3 is 2.79 bits per heavy atom. The average molecular weight is 382 g/mol. The molecule has 28 heavy (non-hydrogen) atoms. The van der Waals surface area contributed by atoms with Crippen LogP contribution in [0.2, 0.25) is 0 Å². The molecule has 3 aromatic rings. The van der Waals surface area contributed by atoms with E-state index in [0.29, 0.717) is 48.3 Å². The van der Waals surface area contributed by atoms with Crippen molar-refractivity contribution in [1.29, 1.82) is 0 Å². The van der Waals surface area contributed by atoms with Gasteiger partial charge in [-0.2, -0.15) is 5.10 Å². The van der Waals surface area contributed by atoms with E-state index in [1.807, 2.05) is 25.1 Å². The monoisotopic (exact) mass is 382 g/mol. The van der Waals surface area contributed by atoms with Gasteiger partial charge in [0.1, 0.15) is 18.2 Å². The Hall–Kier alpha value is -3.42. The number of hydrogen-bond acceptors (Lipinski definition) is 5. The number of cyclic esters (lactones) is 1. The Kier molecular flexibility index (Phi) is 4.68. The number of rotatable bonds is 5. The van der Waals surface area contributed by atoms with Gasteiger partial charge in [-0.3, -0.25) is 4.90 Å². The van der Waals surface area contributed by atoms with E-state index in [-0.39, 0.29) is 5.56 Å². The van der Waals surface area contributed by atoms with Crippen LogP contribution in [0.25, 0.3) is 17.1 Å². The number of aryl methyl sites for hydroxylation is 1. The van der Waals surface area contributed by atoms with Gasteiger partial charge in [-0.15, -0.1) is 0 Å². The van der Waals surface area contributed by atoms with E-state index in [0.717, 1.165) is 0 Å². The Morgan fingerprint density at radius 1 is 1.21 bits per heavy atom. The molecule has 8 heteroatoms. The lowest BCUT2D eigenvalue weighted by molar-refractivity contribution is 0.181. The summed E-state index contributed by atoms with van der Waals surface area (Å²) in [5.41, 5.74) is 1.51. The Balaban J connectivity index is 1.85. The van der Waals surface area contributed by atoms with Crippen molar-refractivity contribution < 1.29 is 18.7 Å². The van der Waals surface area contributed by atoms with Crippen LogP contribution in [0.5, 0.6) is 5.75 Å². The Morgan fingerprint density at radius 2 is 2.07 bits per heavy atom. The first kappa shape index (κ1) is 18.0. The second-order valence-electron chi connectivity index (χ2n) is 6.25. The van der Waals surface area contributed by atoms with Crippen LogP contribution < -0.4 is 9.64 Å². The molecule has 2 aromatic carbocycles. The Labute approximate surface area is 161 Å². The van der Waals surface area contributed by atoms with Gasteiger partial charge < -0.3 is 9.47 Å². The number of benzene rings is 2. The van der Waals surface area contributed by atoms with Crippen LogP contribution >= 0.6 is 0 Å². The van der Waals surface area contributed by atoms with Crippen molar-refractivity contribution in [3.05, 3.63) is 54.1 Å². The van der Waals surface area contributed by atoms with Crippen LogP contribution in [-0.2, 0) is 11.2 Å². The number of anilines is 1. The van der Waals surface area contributed by atoms with Crippen LogP contribution in [0.15, 0.2) is 42.5 Å². The van der Waals surface area contributed by atoms with Crippen LogP contribution in [0, 0.1) is 5.82 Å². The molecule has 0 spiro atoms. The third kappa shape index (κ3) is 3.17. The molecule has 0 aliphatic carbocycles. The molecule has 1 aliphatic rings. The topological polar surface area (TPSA) is 69.5 Å². The quantitative estimate of drug-likeness (QED) is 0.674. The molecule has 7 nitrogen and oxygen atoms in total. The number of hydrogen-bond donors (Lipinski definition) is 0. The molecule has 0 unspecified atom stereocenters. The van der Waals surface area contributed by atoms with E-state index in [4.69, 9.17) is 9.47 Å². The van der Waals surface area contributed by atoms with Gasteiger partial charge in [-0.25, -0.2) is 18.9 Å². The lowest BCUT2D eigenvalue weighted by atomic mass is 10.1. The van der Waals surface area contributed by atoms with Gasteiger partial charge in [0.05, 0.1) is 24.9 Å². The molecule has 0 radical (unpaired) electrons. The summed E-state index contributed by atoms with van der Waals surface area (Å²) in [7, 11) is 1.58. The number of carbonyl (C=O) groups excluding carboxylic acids is 1. The van der Waals surface area contributed by atoms with E-state index in [2.05, 4.69) is 10.1 Å². The summed E-state index contributed by atoms with van der Waals surface area (Å²) in [5, 5.41) is 4.51. The highest BCUT2D eigenvalue weighted by Gasteiger charge is 2.25. The highest BCUT2D eigenvalue weighted by Crippen LogP contribution is 2.30. The van der Waals surface area contributed by atoms with Gasteiger partial charge in [0.25, 0.3) is 0 Å². The van der Waals surface area contributed by atoms with Crippen molar-refractivity contribution in [2.24, 2.45) is 0 Å². The van der Waals surface area contributed by atoms with Gasteiger partial charge >= 0.3 is 6.09 Å². The zero-order valence-corrected chi connectivity index (χ0v) is 15.6. The minimum absolute atomic E-state index is 0.257. The Bertz CT molecular complexity index is 1030. The first-order valence-corrected chi connectivity index (χ1v) is 8.95. The minimum atomic E-state index is -0.449. The molecule has 1 fully saturated rings. The van der Waals surface area contributed by atoms with Crippen LogP contribution in [0.1, 0.15) is 12.7 Å². The number of methoxy groups -OCH3 is 1. The molecule has 1 amide bonds. The van der Waals surface area contributed by atoms with Crippen molar-refractivity contribution in [2.75, 3.05) is 25.2 Å². The molecule has 0 atom stereocenters. The van der Waals surface area contributed by atoms with Crippen molar-refractivity contribution in [3.8, 4) is 22.8 Å². The predicted octanol–water partition coefficient (Wildman–Crippen LogP) is 3.60. The minimum Gasteiger partial charge on any atom is -0.497 e. The number of amides is 1. The molecule has 0 N–H and O–H groups in total. The molecular formula is C20H19FN4O3. The van der Waals surface area contributed by atoms with Crippen molar-refractivity contribution in [3.63, 3.8) is 0 Å². The second kappa shape index (κ2) is 7.30. The van der Waals surface area contributed by atoms with E-state index >= 15 is 0 Å². The summed E-state index contributed by atoms with van der Waals surface area (Å²) in [4.78, 5) is 17.9. The smallest absolute Gasteiger partial charge is 0.414 e. The van der Waals surface area contributed by atoms with E-state index in [9.17, 15) is 9.18 Å². The second-order valence-corrected chi connectivity index (χ2v) is 6.25. The van der Waals surface area contributed by atoms with Gasteiger partial charge in [-0.05, 0) is 30.3 Å². The molecule has 1 saturated heterocycles. The number of halogens is 1. The maximum Gasteiger partial charge on any atom is 0.414 e. The molecule has 144 valence electrons. The van der Waals surface area contributed by atoms with E-state index in [1.54, 1.807) is 30.0 Å². The summed E-state index contributed by atoms with van der Waals surface area (Å²) in [6.07, 6.45) is 0.157. The molecule has 2 heterocycles. The lowest BCUT2D eigenvalue weighted by Gasteiger charge is -2.14. The number of carbonyl (C=O) groups is 1. The number of aromatic nitrogens is 3. The fourth-order valence-electron chi connectivity index (χ4n) is 3.08. The molecule has 1 aliphatic heterocycles. The zero-order chi connectivity index (χ0) is 19.7. The summed E-state index contributed by atoms with van der Waals surface area (Å²) >= 11 is 0. The predicted molar refractivity (Wildman–Crippen MR) is 101 cm³/mol. The molecule has 1 aromatic heterocycles. The molecule has 4 rings (SSSR count). The largest absolute Gasteiger partial charge is 0.497 e.